The fourth-order valence-electron chi connectivity index (χ4n) is 4.01. The van der Waals surface area contributed by atoms with Crippen LogP contribution in [0.5, 0.6) is 0 Å². The van der Waals surface area contributed by atoms with Gasteiger partial charge in [0.2, 0.25) is 0 Å². The van der Waals surface area contributed by atoms with Crippen molar-refractivity contribution in [2.75, 3.05) is 6.54 Å². The lowest BCUT2D eigenvalue weighted by molar-refractivity contribution is -0.137. The number of alkyl halides is 3. The van der Waals surface area contributed by atoms with Gasteiger partial charge in [-0.15, -0.1) is 0 Å². The van der Waals surface area contributed by atoms with E-state index in [9.17, 15) is 18.0 Å². The van der Waals surface area contributed by atoms with E-state index >= 15 is 0 Å². The van der Waals surface area contributed by atoms with Gasteiger partial charge in [-0.1, -0.05) is 42.5 Å². The van der Waals surface area contributed by atoms with Crippen LogP contribution < -0.4 is 5.56 Å². The molecule has 0 radical (unpaired) electrons. The van der Waals surface area contributed by atoms with Gasteiger partial charge in [0.15, 0.2) is 0 Å². The Morgan fingerprint density at radius 3 is 2.45 bits per heavy atom. The van der Waals surface area contributed by atoms with Crippen molar-refractivity contribution in [3.63, 3.8) is 0 Å². The van der Waals surface area contributed by atoms with Gasteiger partial charge < -0.3 is 9.40 Å². The molecule has 1 aliphatic heterocycles. The minimum Gasteiger partial charge on any atom is -0.460 e. The Labute approximate surface area is 187 Å². The smallest absolute Gasteiger partial charge is 0.416 e. The second-order valence-electron chi connectivity index (χ2n) is 8.01. The van der Waals surface area contributed by atoms with E-state index in [1.165, 1.54) is 12.1 Å². The lowest BCUT2D eigenvalue weighted by atomic mass is 10.1. The minimum atomic E-state index is -4.41. The lowest BCUT2D eigenvalue weighted by Gasteiger charge is -2.26. The molecule has 3 heterocycles. The number of hydrogen-bond acceptors (Lipinski definition) is 4. The lowest BCUT2D eigenvalue weighted by Crippen LogP contribution is -2.35. The Balaban J connectivity index is 1.32. The quantitative estimate of drug-likeness (QED) is 0.459. The van der Waals surface area contributed by atoms with Gasteiger partial charge in [-0.3, -0.25) is 9.69 Å². The van der Waals surface area contributed by atoms with Crippen LogP contribution in [0.15, 0.2) is 75.9 Å². The van der Waals surface area contributed by atoms with Crippen LogP contribution in [0, 0.1) is 0 Å². The van der Waals surface area contributed by atoms with Crippen molar-refractivity contribution in [2.24, 2.45) is 0 Å². The SMILES string of the molecule is O=c1[nH]c(-c2ccc(C(F)(F)F)cc2)nc2c1CN(Cc1ccc(-c3ccccc3)o1)CC2. The molecule has 2 aromatic carbocycles. The summed E-state index contributed by atoms with van der Waals surface area (Å²) in [5.41, 5.74) is 1.68. The van der Waals surface area contributed by atoms with Crippen molar-refractivity contribution in [3.8, 4) is 22.7 Å². The van der Waals surface area contributed by atoms with Gasteiger partial charge in [-0.2, -0.15) is 13.2 Å². The van der Waals surface area contributed by atoms with Crippen LogP contribution in [-0.4, -0.2) is 21.4 Å². The molecule has 8 heteroatoms. The maximum absolute atomic E-state index is 12.8. The predicted molar refractivity (Wildman–Crippen MR) is 117 cm³/mol. The number of furan rings is 1. The van der Waals surface area contributed by atoms with E-state index in [0.29, 0.717) is 42.9 Å². The van der Waals surface area contributed by atoms with Gasteiger partial charge in [-0.05, 0) is 24.3 Å². The van der Waals surface area contributed by atoms with E-state index in [0.717, 1.165) is 29.2 Å². The summed E-state index contributed by atoms with van der Waals surface area (Å²) in [6.07, 6.45) is -3.84. The third-order valence-corrected chi connectivity index (χ3v) is 5.73. The third-order valence-electron chi connectivity index (χ3n) is 5.73. The normalized spacial score (nSPS) is 14.3. The molecule has 168 valence electrons. The zero-order chi connectivity index (χ0) is 23.0. The fraction of sp³-hybridized carbons (Fsp3) is 0.200. The van der Waals surface area contributed by atoms with Crippen LogP contribution in [0.1, 0.15) is 22.6 Å². The van der Waals surface area contributed by atoms with Crippen molar-refractivity contribution < 1.29 is 17.6 Å². The van der Waals surface area contributed by atoms with Gasteiger partial charge in [-0.25, -0.2) is 4.98 Å². The third kappa shape index (κ3) is 4.47. The Morgan fingerprint density at radius 2 is 1.73 bits per heavy atom. The van der Waals surface area contributed by atoms with E-state index in [4.69, 9.17) is 4.42 Å². The number of nitrogens with zero attached hydrogens (tertiary/aromatic N) is 2. The van der Waals surface area contributed by atoms with Crippen LogP contribution in [0.3, 0.4) is 0 Å². The molecule has 0 atom stereocenters. The van der Waals surface area contributed by atoms with Gasteiger partial charge in [0, 0.05) is 30.6 Å². The van der Waals surface area contributed by atoms with E-state index in [2.05, 4.69) is 14.9 Å². The molecule has 0 saturated heterocycles. The molecule has 1 N–H and O–H groups in total. The highest BCUT2D eigenvalue weighted by atomic mass is 19.4. The number of aromatic amines is 1. The van der Waals surface area contributed by atoms with Crippen LogP contribution in [0.25, 0.3) is 22.7 Å². The summed E-state index contributed by atoms with van der Waals surface area (Å²) in [7, 11) is 0. The molecule has 1 aliphatic rings. The molecule has 0 saturated carbocycles. The zero-order valence-corrected chi connectivity index (χ0v) is 17.5. The molecule has 5 rings (SSSR count). The Kier molecular flexibility index (Phi) is 5.38. The summed E-state index contributed by atoms with van der Waals surface area (Å²) >= 11 is 0. The summed E-state index contributed by atoms with van der Waals surface area (Å²) in [5, 5.41) is 0. The number of aromatic nitrogens is 2. The molecule has 33 heavy (non-hydrogen) atoms. The van der Waals surface area contributed by atoms with Crippen molar-refractivity contribution in [1.29, 1.82) is 0 Å². The highest BCUT2D eigenvalue weighted by molar-refractivity contribution is 5.57. The molecule has 0 unspecified atom stereocenters. The Morgan fingerprint density at radius 1 is 0.970 bits per heavy atom. The van der Waals surface area contributed by atoms with Crippen molar-refractivity contribution >= 4 is 0 Å². The first kappa shape index (κ1) is 21.2. The standard InChI is InChI=1S/C25H20F3N3O2/c26-25(27,28)18-8-6-17(7-9-18)23-29-21-12-13-31(15-20(21)24(32)30-23)14-19-10-11-22(33-19)16-4-2-1-3-5-16/h1-11H,12-15H2,(H,29,30,32). The highest BCUT2D eigenvalue weighted by Gasteiger charge is 2.30. The van der Waals surface area contributed by atoms with Gasteiger partial charge in [0.25, 0.3) is 5.56 Å². The van der Waals surface area contributed by atoms with E-state index in [1.807, 2.05) is 42.5 Å². The Bertz CT molecular complexity index is 1330. The molecule has 0 aliphatic carbocycles. The van der Waals surface area contributed by atoms with Crippen LogP contribution in [0.4, 0.5) is 13.2 Å². The first-order chi connectivity index (χ1) is 15.9. The second kappa shape index (κ2) is 8.37. The number of rotatable bonds is 4. The van der Waals surface area contributed by atoms with Crippen molar-refractivity contribution in [1.82, 2.24) is 14.9 Å². The minimum absolute atomic E-state index is 0.274. The van der Waals surface area contributed by atoms with E-state index < -0.39 is 11.7 Å². The number of fused-ring (bicyclic) bond motifs is 1. The number of nitrogens with one attached hydrogen (secondary N) is 1. The summed E-state index contributed by atoms with van der Waals surface area (Å²) < 4.78 is 44.4. The van der Waals surface area contributed by atoms with Gasteiger partial charge >= 0.3 is 6.18 Å². The molecule has 0 spiro atoms. The number of H-pyrrole nitrogens is 1. The maximum Gasteiger partial charge on any atom is 0.416 e. The monoisotopic (exact) mass is 451 g/mol. The molecule has 0 amide bonds. The topological polar surface area (TPSA) is 62.1 Å². The van der Waals surface area contributed by atoms with E-state index in [-0.39, 0.29) is 11.4 Å². The summed E-state index contributed by atoms with van der Waals surface area (Å²) in [5.74, 6) is 1.88. The molecule has 5 nitrogen and oxygen atoms in total. The van der Waals surface area contributed by atoms with Crippen molar-refractivity contribution in [2.45, 2.75) is 25.7 Å². The summed E-state index contributed by atoms with van der Waals surface area (Å²) in [6, 6.07) is 18.3. The highest BCUT2D eigenvalue weighted by Crippen LogP contribution is 2.30. The van der Waals surface area contributed by atoms with Gasteiger partial charge in [0.05, 0.1) is 23.4 Å². The molecular formula is C25H20F3N3O2. The largest absolute Gasteiger partial charge is 0.460 e. The molecule has 2 aromatic heterocycles. The van der Waals surface area contributed by atoms with Gasteiger partial charge in [0.1, 0.15) is 17.3 Å². The zero-order valence-electron chi connectivity index (χ0n) is 17.5. The van der Waals surface area contributed by atoms with Crippen LogP contribution in [-0.2, 0) is 25.7 Å². The number of benzene rings is 2. The number of hydrogen-bond donors (Lipinski definition) is 1. The fourth-order valence-corrected chi connectivity index (χ4v) is 4.01. The van der Waals surface area contributed by atoms with Crippen molar-refractivity contribution in [3.05, 3.63) is 99.7 Å². The second-order valence-corrected chi connectivity index (χ2v) is 8.01. The number of halogens is 3. The van der Waals surface area contributed by atoms with Crippen LogP contribution in [0.2, 0.25) is 0 Å². The first-order valence-electron chi connectivity index (χ1n) is 10.5. The molecule has 4 aromatic rings. The average molecular weight is 451 g/mol. The molecule has 0 fully saturated rings. The molecule has 0 bridgehead atoms. The van der Waals surface area contributed by atoms with E-state index in [1.54, 1.807) is 0 Å². The maximum atomic E-state index is 12.8. The Hall–Kier alpha value is -3.65. The summed E-state index contributed by atoms with van der Waals surface area (Å²) in [6.45, 7) is 1.68. The molecular weight excluding hydrogens is 431 g/mol. The first-order valence-corrected chi connectivity index (χ1v) is 10.5. The van der Waals surface area contributed by atoms with Crippen LogP contribution >= 0.6 is 0 Å². The average Bonchev–Trinajstić information content (AvgIpc) is 3.28. The predicted octanol–water partition coefficient (Wildman–Crippen LogP) is 5.27. The summed E-state index contributed by atoms with van der Waals surface area (Å²) in [4.78, 5) is 22.1.